The Hall–Kier alpha value is -3.06. The molecule has 0 unspecified atom stereocenters. The van der Waals surface area contributed by atoms with Crippen LogP contribution < -0.4 is 20.1 Å². The third-order valence-electron chi connectivity index (χ3n) is 4.39. The van der Waals surface area contributed by atoms with E-state index in [1.165, 1.54) is 7.11 Å². The van der Waals surface area contributed by atoms with Crippen LogP contribution in [0.4, 0.5) is 5.69 Å². The number of anilines is 1. The van der Waals surface area contributed by atoms with Crippen LogP contribution in [0.5, 0.6) is 11.5 Å². The highest BCUT2D eigenvalue weighted by Gasteiger charge is 2.17. The molecule has 1 fully saturated rings. The Bertz CT molecular complexity index is 818. The summed E-state index contributed by atoms with van der Waals surface area (Å²) in [4.78, 5) is 17.3. The molecule has 0 saturated carbocycles. The van der Waals surface area contributed by atoms with Crippen molar-refractivity contribution in [1.29, 1.82) is 0 Å². The lowest BCUT2D eigenvalue weighted by Crippen LogP contribution is -2.36. The third kappa shape index (κ3) is 5.23. The molecule has 7 nitrogen and oxygen atoms in total. The summed E-state index contributed by atoms with van der Waals surface area (Å²) in [6.07, 6.45) is 2.11. The number of carbonyl (C=O) groups is 1. The van der Waals surface area contributed by atoms with Crippen LogP contribution in [-0.4, -0.2) is 45.3 Å². The van der Waals surface area contributed by atoms with Crippen molar-refractivity contribution < 1.29 is 19.0 Å². The average molecular weight is 383 g/mol. The van der Waals surface area contributed by atoms with Crippen molar-refractivity contribution in [1.82, 2.24) is 5.32 Å². The fourth-order valence-corrected chi connectivity index (χ4v) is 2.91. The van der Waals surface area contributed by atoms with Crippen molar-refractivity contribution in [3.8, 4) is 11.5 Å². The fraction of sp³-hybridized carbons (Fsp3) is 0.333. The average Bonchev–Trinajstić information content (AvgIpc) is 3.26. The van der Waals surface area contributed by atoms with Crippen molar-refractivity contribution in [2.75, 3.05) is 32.7 Å². The van der Waals surface area contributed by atoms with E-state index < -0.39 is 0 Å². The zero-order valence-corrected chi connectivity index (χ0v) is 16.1. The Kier molecular flexibility index (Phi) is 6.86. The van der Waals surface area contributed by atoms with Crippen LogP contribution in [0, 0.1) is 0 Å². The number of carbonyl (C=O) groups excluding carboxylic acids is 1. The van der Waals surface area contributed by atoms with Gasteiger partial charge in [-0.2, -0.15) is 0 Å². The molecule has 2 aromatic rings. The van der Waals surface area contributed by atoms with E-state index >= 15 is 0 Å². The minimum absolute atomic E-state index is 0.0885. The molecule has 2 aromatic carbocycles. The van der Waals surface area contributed by atoms with Gasteiger partial charge in [-0.25, -0.2) is 4.99 Å². The van der Waals surface area contributed by atoms with Gasteiger partial charge < -0.3 is 19.5 Å². The van der Waals surface area contributed by atoms with E-state index in [1.54, 1.807) is 25.3 Å². The predicted octanol–water partition coefficient (Wildman–Crippen LogP) is 3.08. The lowest BCUT2D eigenvalue weighted by atomic mass is 10.2. The second kappa shape index (κ2) is 9.75. The van der Waals surface area contributed by atoms with E-state index in [-0.39, 0.29) is 12.0 Å². The van der Waals surface area contributed by atoms with E-state index in [2.05, 4.69) is 15.6 Å². The van der Waals surface area contributed by atoms with Crippen LogP contribution in [0.15, 0.2) is 53.5 Å². The molecule has 0 aromatic heterocycles. The smallest absolute Gasteiger partial charge is 0.258 e. The molecule has 1 amide bonds. The molecular formula is C21H25N3O4. The zero-order valence-electron chi connectivity index (χ0n) is 16.1. The minimum Gasteiger partial charge on any atom is -0.493 e. The maximum absolute atomic E-state index is 12.7. The topological polar surface area (TPSA) is 81.2 Å². The quantitative estimate of drug-likeness (QED) is 0.592. The van der Waals surface area contributed by atoms with Gasteiger partial charge in [0.05, 0.1) is 26.9 Å². The molecule has 0 aliphatic carbocycles. The number of aliphatic imine (C=N–C) groups is 1. The largest absolute Gasteiger partial charge is 0.493 e. The van der Waals surface area contributed by atoms with Crippen molar-refractivity contribution in [2.45, 2.75) is 18.9 Å². The molecule has 1 aliphatic heterocycles. The van der Waals surface area contributed by atoms with Gasteiger partial charge in [-0.05, 0) is 43.2 Å². The monoisotopic (exact) mass is 383 g/mol. The molecule has 28 heavy (non-hydrogen) atoms. The van der Waals surface area contributed by atoms with Crippen LogP contribution in [0.3, 0.4) is 0 Å². The summed E-state index contributed by atoms with van der Waals surface area (Å²) >= 11 is 0. The van der Waals surface area contributed by atoms with Crippen LogP contribution >= 0.6 is 0 Å². The van der Waals surface area contributed by atoms with Crippen molar-refractivity contribution in [3.05, 3.63) is 54.1 Å². The Balaban J connectivity index is 1.75. The standard InChI is InChI=1S/C21H25N3O4/c1-26-18-11-10-15(13-19(18)27-2)20(25)24-21(22-14-17-9-6-12-28-17)23-16-7-4-3-5-8-16/h3-5,7-8,10-11,13,17H,6,9,12,14H2,1-2H3,(H2,22,23,24,25)/t17-/m0/s1. The van der Waals surface area contributed by atoms with Crippen LogP contribution in [0.1, 0.15) is 23.2 Å². The highest BCUT2D eigenvalue weighted by molar-refractivity contribution is 6.10. The van der Waals surface area contributed by atoms with Gasteiger partial charge in [0, 0.05) is 17.9 Å². The number of methoxy groups -OCH3 is 2. The van der Waals surface area contributed by atoms with E-state index in [9.17, 15) is 4.79 Å². The normalized spacial score (nSPS) is 16.5. The molecule has 1 aliphatic rings. The molecule has 7 heteroatoms. The summed E-state index contributed by atoms with van der Waals surface area (Å²) in [5, 5.41) is 6.00. The van der Waals surface area contributed by atoms with E-state index in [4.69, 9.17) is 14.2 Å². The lowest BCUT2D eigenvalue weighted by molar-refractivity contribution is 0.0975. The molecular weight excluding hydrogens is 358 g/mol. The molecule has 0 bridgehead atoms. The van der Waals surface area contributed by atoms with E-state index in [1.807, 2.05) is 30.3 Å². The molecule has 0 spiro atoms. The van der Waals surface area contributed by atoms with Gasteiger partial charge in [0.2, 0.25) is 5.96 Å². The number of nitrogens with zero attached hydrogens (tertiary/aromatic N) is 1. The lowest BCUT2D eigenvalue weighted by Gasteiger charge is -2.14. The molecule has 1 heterocycles. The van der Waals surface area contributed by atoms with Gasteiger partial charge in [0.25, 0.3) is 5.91 Å². The zero-order chi connectivity index (χ0) is 19.8. The number of hydrogen-bond acceptors (Lipinski definition) is 5. The summed E-state index contributed by atoms with van der Waals surface area (Å²) in [5.74, 6) is 1.13. The second-order valence-electron chi connectivity index (χ2n) is 6.34. The van der Waals surface area contributed by atoms with Gasteiger partial charge in [-0.3, -0.25) is 10.1 Å². The molecule has 0 radical (unpaired) electrons. The number of nitrogens with one attached hydrogen (secondary N) is 2. The maximum Gasteiger partial charge on any atom is 0.258 e. The summed E-state index contributed by atoms with van der Waals surface area (Å²) in [7, 11) is 3.09. The number of rotatable bonds is 6. The van der Waals surface area contributed by atoms with Gasteiger partial charge in [0.1, 0.15) is 0 Å². The van der Waals surface area contributed by atoms with Gasteiger partial charge in [0.15, 0.2) is 11.5 Å². The third-order valence-corrected chi connectivity index (χ3v) is 4.39. The number of guanidine groups is 1. The Morgan fingerprint density at radius 1 is 1.14 bits per heavy atom. The molecule has 148 valence electrons. The number of ether oxygens (including phenoxy) is 3. The minimum atomic E-state index is -0.296. The Labute approximate surface area is 164 Å². The number of amides is 1. The predicted molar refractivity (Wildman–Crippen MR) is 108 cm³/mol. The summed E-state index contributed by atoms with van der Waals surface area (Å²) in [6.45, 7) is 1.25. The molecule has 1 atom stereocenters. The molecule has 2 N–H and O–H groups in total. The highest BCUT2D eigenvalue weighted by atomic mass is 16.5. The molecule has 3 rings (SSSR count). The SMILES string of the molecule is COc1ccc(C(=O)NC(=NC[C@@H]2CCCO2)Nc2ccccc2)cc1OC. The van der Waals surface area contributed by atoms with Crippen molar-refractivity contribution >= 4 is 17.6 Å². The van der Waals surface area contributed by atoms with Crippen molar-refractivity contribution in [2.24, 2.45) is 4.99 Å². The summed E-state index contributed by atoms with van der Waals surface area (Å²) in [5.41, 5.74) is 1.28. The number of benzene rings is 2. The van der Waals surface area contributed by atoms with Crippen LogP contribution in [-0.2, 0) is 4.74 Å². The van der Waals surface area contributed by atoms with Crippen LogP contribution in [0.2, 0.25) is 0 Å². The van der Waals surface area contributed by atoms with Crippen LogP contribution in [0.25, 0.3) is 0 Å². The summed E-state index contributed by atoms with van der Waals surface area (Å²) in [6, 6.07) is 14.6. The highest BCUT2D eigenvalue weighted by Crippen LogP contribution is 2.27. The van der Waals surface area contributed by atoms with Gasteiger partial charge in [-0.15, -0.1) is 0 Å². The van der Waals surface area contributed by atoms with E-state index in [0.717, 1.165) is 25.1 Å². The van der Waals surface area contributed by atoms with Gasteiger partial charge in [-0.1, -0.05) is 18.2 Å². The Morgan fingerprint density at radius 3 is 2.61 bits per heavy atom. The maximum atomic E-state index is 12.7. The fourth-order valence-electron chi connectivity index (χ4n) is 2.91. The van der Waals surface area contributed by atoms with E-state index in [0.29, 0.717) is 29.6 Å². The second-order valence-corrected chi connectivity index (χ2v) is 6.34. The number of para-hydroxylation sites is 1. The first-order valence-electron chi connectivity index (χ1n) is 9.21. The first-order valence-corrected chi connectivity index (χ1v) is 9.21. The first-order chi connectivity index (χ1) is 13.7. The van der Waals surface area contributed by atoms with Crippen molar-refractivity contribution in [3.63, 3.8) is 0 Å². The van der Waals surface area contributed by atoms with Gasteiger partial charge >= 0.3 is 0 Å². The Morgan fingerprint density at radius 2 is 1.93 bits per heavy atom. The molecule has 1 saturated heterocycles. The summed E-state index contributed by atoms with van der Waals surface area (Å²) < 4.78 is 16.1. The number of hydrogen-bond donors (Lipinski definition) is 2. The first kappa shape index (κ1) is 19.7.